The minimum Gasteiger partial charge on any atom is -0.459 e. The van der Waals surface area contributed by atoms with Crippen LogP contribution in [0.5, 0.6) is 0 Å². The molecule has 0 spiro atoms. The van der Waals surface area contributed by atoms with Crippen molar-refractivity contribution < 1.29 is 33.0 Å². The van der Waals surface area contributed by atoms with E-state index < -0.39 is 29.8 Å². The fourth-order valence-electron chi connectivity index (χ4n) is 4.43. The average Bonchev–Trinajstić information content (AvgIpc) is 3.01. The Balaban J connectivity index is 1.42. The zero-order valence-corrected chi connectivity index (χ0v) is 22.9. The van der Waals surface area contributed by atoms with E-state index in [1.165, 1.54) is 6.07 Å². The van der Waals surface area contributed by atoms with Gasteiger partial charge in [0.05, 0.1) is 19.3 Å². The SMILES string of the molecule is CCC1COCCN1c1cc(F)cc(C(=O)NC[C@@H](NC(=O)OCc2ccccc2)C(=O)OCc2ccccc2)c1. The number of alkyl carbamates (subject to hydrolysis) is 1. The van der Waals surface area contributed by atoms with Gasteiger partial charge in [-0.05, 0) is 35.7 Å². The topological polar surface area (TPSA) is 106 Å². The Morgan fingerprint density at radius 1 is 0.976 bits per heavy atom. The van der Waals surface area contributed by atoms with Gasteiger partial charge < -0.3 is 29.7 Å². The molecule has 4 rings (SSSR count). The summed E-state index contributed by atoms with van der Waals surface area (Å²) in [7, 11) is 0. The quantitative estimate of drug-likeness (QED) is 0.337. The monoisotopic (exact) mass is 563 g/mol. The standard InChI is InChI=1S/C31H34FN3O6/c1-2-26-21-39-14-13-35(26)27-16-24(15-25(32)17-27)29(36)33-18-28(30(37)40-19-22-9-5-3-6-10-22)34-31(38)41-20-23-11-7-4-8-12-23/h3-12,15-17,26,28H,2,13-14,18-21H2,1H3,(H,33,36)(H,34,38)/t26?,28-/m1/s1. The summed E-state index contributed by atoms with van der Waals surface area (Å²) in [4.78, 5) is 40.6. The van der Waals surface area contributed by atoms with Crippen LogP contribution in [0.1, 0.15) is 34.8 Å². The number of esters is 1. The molecule has 9 nitrogen and oxygen atoms in total. The van der Waals surface area contributed by atoms with Gasteiger partial charge in [-0.15, -0.1) is 0 Å². The second kappa shape index (κ2) is 14.8. The molecular formula is C31H34FN3O6. The van der Waals surface area contributed by atoms with E-state index in [9.17, 15) is 18.8 Å². The van der Waals surface area contributed by atoms with Crippen molar-refractivity contribution in [1.82, 2.24) is 10.6 Å². The summed E-state index contributed by atoms with van der Waals surface area (Å²) in [5.41, 5.74) is 2.19. The number of amides is 2. The van der Waals surface area contributed by atoms with Crippen LogP contribution < -0.4 is 15.5 Å². The number of halogens is 1. The lowest BCUT2D eigenvalue weighted by atomic mass is 10.1. The van der Waals surface area contributed by atoms with Gasteiger partial charge >= 0.3 is 12.1 Å². The second-order valence-electron chi connectivity index (χ2n) is 9.59. The van der Waals surface area contributed by atoms with Crippen LogP contribution in [0.2, 0.25) is 0 Å². The summed E-state index contributed by atoms with van der Waals surface area (Å²) in [5, 5.41) is 5.09. The first-order valence-electron chi connectivity index (χ1n) is 13.5. The molecule has 41 heavy (non-hydrogen) atoms. The zero-order chi connectivity index (χ0) is 29.0. The zero-order valence-electron chi connectivity index (χ0n) is 22.9. The van der Waals surface area contributed by atoms with Crippen LogP contribution in [-0.2, 0) is 32.2 Å². The molecule has 1 unspecified atom stereocenters. The molecular weight excluding hydrogens is 529 g/mol. The van der Waals surface area contributed by atoms with Gasteiger partial charge in [-0.3, -0.25) is 4.79 Å². The fourth-order valence-corrected chi connectivity index (χ4v) is 4.43. The Labute approximate surface area is 238 Å². The first-order chi connectivity index (χ1) is 19.9. The number of morpholine rings is 1. The van der Waals surface area contributed by atoms with Gasteiger partial charge in [0, 0.05) is 24.3 Å². The molecule has 1 aliphatic rings. The molecule has 10 heteroatoms. The van der Waals surface area contributed by atoms with Crippen molar-refractivity contribution in [1.29, 1.82) is 0 Å². The number of ether oxygens (including phenoxy) is 3. The summed E-state index contributed by atoms with van der Waals surface area (Å²) in [6.45, 7) is 3.31. The maximum Gasteiger partial charge on any atom is 0.408 e. The van der Waals surface area contributed by atoms with Gasteiger partial charge in [0.15, 0.2) is 0 Å². The summed E-state index contributed by atoms with van der Waals surface area (Å²) in [6.07, 6.45) is -0.0487. The van der Waals surface area contributed by atoms with Crippen LogP contribution in [0.4, 0.5) is 14.9 Å². The molecule has 0 radical (unpaired) electrons. The highest BCUT2D eigenvalue weighted by Crippen LogP contribution is 2.24. The van der Waals surface area contributed by atoms with Gasteiger partial charge in [0.25, 0.3) is 5.91 Å². The predicted molar refractivity (Wildman–Crippen MR) is 151 cm³/mol. The summed E-state index contributed by atoms with van der Waals surface area (Å²) >= 11 is 0. The maximum absolute atomic E-state index is 14.6. The highest BCUT2D eigenvalue weighted by Gasteiger charge is 2.26. The molecule has 2 atom stereocenters. The van der Waals surface area contributed by atoms with Crippen molar-refractivity contribution in [2.45, 2.75) is 38.6 Å². The molecule has 0 aliphatic carbocycles. The summed E-state index contributed by atoms with van der Waals surface area (Å²) < 4.78 is 30.8. The van der Waals surface area contributed by atoms with E-state index in [0.29, 0.717) is 25.4 Å². The van der Waals surface area contributed by atoms with E-state index in [0.717, 1.165) is 23.6 Å². The molecule has 1 saturated heterocycles. The number of nitrogens with zero attached hydrogens (tertiary/aromatic N) is 1. The van der Waals surface area contributed by atoms with Crippen molar-refractivity contribution in [3.63, 3.8) is 0 Å². The first kappa shape index (κ1) is 29.5. The van der Waals surface area contributed by atoms with Crippen LogP contribution in [0.15, 0.2) is 78.9 Å². The van der Waals surface area contributed by atoms with Crippen molar-refractivity contribution >= 4 is 23.7 Å². The lowest BCUT2D eigenvalue weighted by molar-refractivity contribution is -0.147. The fraction of sp³-hybridized carbons (Fsp3) is 0.323. The molecule has 0 bridgehead atoms. The highest BCUT2D eigenvalue weighted by atomic mass is 19.1. The van der Waals surface area contributed by atoms with E-state index in [1.807, 2.05) is 48.2 Å². The van der Waals surface area contributed by atoms with Gasteiger partial charge in [0.1, 0.15) is 25.1 Å². The van der Waals surface area contributed by atoms with Gasteiger partial charge in [-0.1, -0.05) is 67.6 Å². The predicted octanol–water partition coefficient (Wildman–Crippen LogP) is 4.21. The van der Waals surface area contributed by atoms with Gasteiger partial charge in [-0.25, -0.2) is 14.0 Å². The number of carbonyl (C=O) groups is 3. The highest BCUT2D eigenvalue weighted by molar-refractivity contribution is 5.95. The Bertz CT molecular complexity index is 1310. The van der Waals surface area contributed by atoms with E-state index in [-0.39, 0.29) is 31.4 Å². The number of nitrogens with one attached hydrogen (secondary N) is 2. The van der Waals surface area contributed by atoms with Crippen molar-refractivity contribution in [3.8, 4) is 0 Å². The van der Waals surface area contributed by atoms with Crippen LogP contribution in [-0.4, -0.2) is 56.4 Å². The van der Waals surface area contributed by atoms with Gasteiger partial charge in [0.2, 0.25) is 0 Å². The van der Waals surface area contributed by atoms with E-state index in [4.69, 9.17) is 14.2 Å². The Hall–Kier alpha value is -4.44. The van der Waals surface area contributed by atoms with Crippen LogP contribution in [0.25, 0.3) is 0 Å². The van der Waals surface area contributed by atoms with Crippen molar-refractivity contribution in [3.05, 3.63) is 101 Å². The van der Waals surface area contributed by atoms with E-state index in [2.05, 4.69) is 10.6 Å². The lowest BCUT2D eigenvalue weighted by Gasteiger charge is -2.37. The van der Waals surface area contributed by atoms with Crippen LogP contribution in [0.3, 0.4) is 0 Å². The molecule has 0 aromatic heterocycles. The third-order valence-corrected chi connectivity index (χ3v) is 6.66. The largest absolute Gasteiger partial charge is 0.459 e. The Morgan fingerprint density at radius 2 is 1.63 bits per heavy atom. The smallest absolute Gasteiger partial charge is 0.408 e. The van der Waals surface area contributed by atoms with Crippen molar-refractivity contribution in [2.24, 2.45) is 0 Å². The Morgan fingerprint density at radius 3 is 2.29 bits per heavy atom. The maximum atomic E-state index is 14.6. The molecule has 216 valence electrons. The third-order valence-electron chi connectivity index (χ3n) is 6.66. The minimum absolute atomic E-state index is 0.00280. The molecule has 2 N–H and O–H groups in total. The first-order valence-corrected chi connectivity index (χ1v) is 13.5. The molecule has 1 fully saturated rings. The average molecular weight is 564 g/mol. The van der Waals surface area contributed by atoms with E-state index >= 15 is 0 Å². The lowest BCUT2D eigenvalue weighted by Crippen LogP contribution is -2.49. The summed E-state index contributed by atoms with van der Waals surface area (Å²) in [6, 6.07) is 21.1. The number of hydrogen-bond acceptors (Lipinski definition) is 7. The molecule has 3 aromatic rings. The summed E-state index contributed by atoms with van der Waals surface area (Å²) in [5.74, 6) is -1.92. The Kier molecular flexibility index (Phi) is 10.7. The molecule has 0 saturated carbocycles. The number of anilines is 1. The molecule has 2 amide bonds. The minimum atomic E-state index is -1.25. The molecule has 1 heterocycles. The van der Waals surface area contributed by atoms with Gasteiger partial charge in [-0.2, -0.15) is 0 Å². The second-order valence-corrected chi connectivity index (χ2v) is 9.59. The van der Waals surface area contributed by atoms with Crippen LogP contribution in [0, 0.1) is 5.82 Å². The molecule has 1 aliphatic heterocycles. The number of rotatable bonds is 11. The van der Waals surface area contributed by atoms with Crippen molar-refractivity contribution in [2.75, 3.05) is 31.2 Å². The van der Waals surface area contributed by atoms with Crippen LogP contribution >= 0.6 is 0 Å². The normalized spacial score (nSPS) is 15.5. The third kappa shape index (κ3) is 8.77. The molecule has 3 aromatic carbocycles. The number of hydrogen-bond donors (Lipinski definition) is 2. The van der Waals surface area contributed by atoms with E-state index in [1.54, 1.807) is 30.3 Å². The number of benzene rings is 3. The number of carbonyl (C=O) groups excluding carboxylic acids is 3.